The van der Waals surface area contributed by atoms with Crippen LogP contribution in [-0.2, 0) is 10.0 Å². The van der Waals surface area contributed by atoms with Gasteiger partial charge in [-0.05, 0) is 32.4 Å². The fourth-order valence-electron chi connectivity index (χ4n) is 2.25. The van der Waals surface area contributed by atoms with E-state index in [0.717, 1.165) is 13.1 Å². The summed E-state index contributed by atoms with van der Waals surface area (Å²) in [7, 11) is -3.16. The molecule has 88 valence electrons. The average molecular weight is 234 g/mol. The average Bonchev–Trinajstić information content (AvgIpc) is 2.67. The largest absolute Gasteiger partial charge is 0.392 e. The lowest BCUT2D eigenvalue weighted by Crippen LogP contribution is -2.43. The molecule has 0 amide bonds. The number of sulfonamides is 1. The maximum absolute atomic E-state index is 12.1. The van der Waals surface area contributed by atoms with E-state index in [0.29, 0.717) is 25.8 Å². The van der Waals surface area contributed by atoms with E-state index in [-0.39, 0.29) is 11.8 Å². The fraction of sp³-hybridized carbons (Fsp3) is 1.00. The van der Waals surface area contributed by atoms with E-state index in [1.807, 2.05) is 0 Å². The first-order valence-corrected chi connectivity index (χ1v) is 6.99. The van der Waals surface area contributed by atoms with Gasteiger partial charge >= 0.3 is 0 Å². The molecular formula is C9H18N2O3S. The second kappa shape index (κ2) is 4.37. The van der Waals surface area contributed by atoms with Crippen LogP contribution in [0.25, 0.3) is 0 Å². The van der Waals surface area contributed by atoms with Crippen molar-refractivity contribution in [1.82, 2.24) is 9.62 Å². The molecule has 0 bridgehead atoms. The third-order valence-electron chi connectivity index (χ3n) is 3.19. The van der Waals surface area contributed by atoms with E-state index in [2.05, 4.69) is 5.32 Å². The monoisotopic (exact) mass is 234 g/mol. The molecular weight excluding hydrogens is 216 g/mol. The lowest BCUT2D eigenvalue weighted by molar-refractivity contribution is 0.189. The molecule has 0 radical (unpaired) electrons. The lowest BCUT2D eigenvalue weighted by Gasteiger charge is -2.27. The van der Waals surface area contributed by atoms with Crippen LogP contribution in [-0.4, -0.2) is 55.4 Å². The maximum Gasteiger partial charge on any atom is 0.217 e. The normalized spacial score (nSPS) is 30.9. The summed E-state index contributed by atoms with van der Waals surface area (Å²) in [4.78, 5) is 0. The molecule has 15 heavy (non-hydrogen) atoms. The molecule has 2 fully saturated rings. The van der Waals surface area contributed by atoms with Gasteiger partial charge in [0, 0.05) is 13.1 Å². The summed E-state index contributed by atoms with van der Waals surface area (Å²) in [6.45, 7) is 2.32. The van der Waals surface area contributed by atoms with Crippen LogP contribution in [0.2, 0.25) is 0 Å². The van der Waals surface area contributed by atoms with E-state index in [1.54, 1.807) is 0 Å². The Kier molecular flexibility index (Phi) is 3.30. The van der Waals surface area contributed by atoms with Crippen molar-refractivity contribution in [3.63, 3.8) is 0 Å². The highest BCUT2D eigenvalue weighted by atomic mass is 32.2. The minimum Gasteiger partial charge on any atom is -0.392 e. The number of aliphatic hydroxyl groups excluding tert-OH is 1. The number of nitrogens with zero attached hydrogens (tertiary/aromatic N) is 1. The molecule has 2 aliphatic heterocycles. The molecule has 0 aliphatic carbocycles. The summed E-state index contributed by atoms with van der Waals surface area (Å²) >= 11 is 0. The Morgan fingerprint density at radius 1 is 1.20 bits per heavy atom. The minimum atomic E-state index is -3.16. The zero-order valence-electron chi connectivity index (χ0n) is 8.72. The summed E-state index contributed by atoms with van der Waals surface area (Å²) < 4.78 is 25.7. The Labute approximate surface area is 90.5 Å². The third kappa shape index (κ3) is 2.33. The van der Waals surface area contributed by atoms with Crippen molar-refractivity contribution in [2.75, 3.05) is 26.2 Å². The number of hydrogen-bond acceptors (Lipinski definition) is 4. The van der Waals surface area contributed by atoms with Crippen LogP contribution in [0.4, 0.5) is 0 Å². The van der Waals surface area contributed by atoms with Gasteiger partial charge in [0.1, 0.15) is 0 Å². The molecule has 1 atom stereocenters. The highest BCUT2D eigenvalue weighted by Gasteiger charge is 2.36. The number of nitrogens with one attached hydrogen (secondary N) is 1. The van der Waals surface area contributed by atoms with Crippen LogP contribution in [0.15, 0.2) is 0 Å². The number of piperidine rings is 1. The third-order valence-corrected chi connectivity index (χ3v) is 5.56. The first kappa shape index (κ1) is 11.3. The highest BCUT2D eigenvalue weighted by Crippen LogP contribution is 2.22. The highest BCUT2D eigenvalue weighted by molar-refractivity contribution is 7.89. The van der Waals surface area contributed by atoms with Crippen LogP contribution in [0.1, 0.15) is 19.3 Å². The van der Waals surface area contributed by atoms with Gasteiger partial charge in [0.25, 0.3) is 0 Å². The number of β-amino-alcohol motifs (C(OH)–C–C–N with tert-alkyl or cyclic N) is 1. The molecule has 2 rings (SSSR count). The summed E-state index contributed by atoms with van der Waals surface area (Å²) in [5, 5.41) is 12.3. The molecule has 0 aromatic rings. The smallest absolute Gasteiger partial charge is 0.217 e. The molecule has 2 aliphatic rings. The molecule has 5 nitrogen and oxygen atoms in total. The van der Waals surface area contributed by atoms with Gasteiger partial charge < -0.3 is 10.4 Å². The van der Waals surface area contributed by atoms with Crippen molar-refractivity contribution in [3.05, 3.63) is 0 Å². The van der Waals surface area contributed by atoms with Gasteiger partial charge in [0.15, 0.2) is 0 Å². The van der Waals surface area contributed by atoms with Crippen molar-refractivity contribution in [1.29, 1.82) is 0 Å². The van der Waals surface area contributed by atoms with Crippen LogP contribution in [0.5, 0.6) is 0 Å². The molecule has 6 heteroatoms. The van der Waals surface area contributed by atoms with Gasteiger partial charge in [-0.25, -0.2) is 8.42 Å². The van der Waals surface area contributed by atoms with Crippen LogP contribution >= 0.6 is 0 Å². The molecule has 0 aromatic heterocycles. The number of hydrogen-bond donors (Lipinski definition) is 2. The van der Waals surface area contributed by atoms with Crippen molar-refractivity contribution in [2.45, 2.75) is 30.6 Å². The zero-order chi connectivity index (χ0) is 10.9. The van der Waals surface area contributed by atoms with E-state index in [1.165, 1.54) is 4.31 Å². The Balaban J connectivity index is 2.05. The molecule has 2 saturated heterocycles. The van der Waals surface area contributed by atoms with Gasteiger partial charge in [-0.1, -0.05) is 0 Å². The Hall–Kier alpha value is -0.170. The van der Waals surface area contributed by atoms with Crippen LogP contribution in [0.3, 0.4) is 0 Å². The van der Waals surface area contributed by atoms with Gasteiger partial charge in [-0.2, -0.15) is 4.31 Å². The van der Waals surface area contributed by atoms with Gasteiger partial charge in [-0.15, -0.1) is 0 Å². The van der Waals surface area contributed by atoms with E-state index in [4.69, 9.17) is 0 Å². The predicted molar refractivity (Wildman–Crippen MR) is 57.0 cm³/mol. The predicted octanol–water partition coefficient (Wildman–Crippen LogP) is -0.865. The van der Waals surface area contributed by atoms with E-state index in [9.17, 15) is 13.5 Å². The van der Waals surface area contributed by atoms with Gasteiger partial charge in [0.2, 0.25) is 10.0 Å². The molecule has 1 unspecified atom stereocenters. The number of aliphatic hydroxyl groups is 1. The van der Waals surface area contributed by atoms with Crippen molar-refractivity contribution < 1.29 is 13.5 Å². The lowest BCUT2D eigenvalue weighted by atomic mass is 10.2. The molecule has 2 heterocycles. The molecule has 0 spiro atoms. The van der Waals surface area contributed by atoms with E-state index >= 15 is 0 Å². The fourth-order valence-corrected chi connectivity index (χ4v) is 4.24. The Morgan fingerprint density at radius 2 is 1.87 bits per heavy atom. The van der Waals surface area contributed by atoms with Crippen molar-refractivity contribution in [2.24, 2.45) is 0 Å². The van der Waals surface area contributed by atoms with Crippen molar-refractivity contribution >= 4 is 10.0 Å². The van der Waals surface area contributed by atoms with Crippen LogP contribution in [0, 0.1) is 0 Å². The van der Waals surface area contributed by atoms with Gasteiger partial charge in [-0.3, -0.25) is 0 Å². The molecule has 2 N–H and O–H groups in total. The maximum atomic E-state index is 12.1. The topological polar surface area (TPSA) is 69.6 Å². The molecule has 0 saturated carbocycles. The summed E-state index contributed by atoms with van der Waals surface area (Å²) in [5.74, 6) is 0. The SMILES string of the molecule is O=S(=O)(C1CCNCC1)N1CCC(O)C1. The minimum absolute atomic E-state index is 0.246. The zero-order valence-corrected chi connectivity index (χ0v) is 9.54. The van der Waals surface area contributed by atoms with Crippen LogP contribution < -0.4 is 5.32 Å². The summed E-state index contributed by atoms with van der Waals surface area (Å²) in [6.07, 6.45) is 1.48. The van der Waals surface area contributed by atoms with Crippen molar-refractivity contribution in [3.8, 4) is 0 Å². The first-order valence-electron chi connectivity index (χ1n) is 5.48. The second-order valence-corrected chi connectivity index (χ2v) is 6.51. The van der Waals surface area contributed by atoms with Gasteiger partial charge in [0.05, 0.1) is 11.4 Å². The number of rotatable bonds is 2. The standard InChI is InChI=1S/C9H18N2O3S/c12-8-3-6-11(7-8)15(13,14)9-1-4-10-5-2-9/h8-10,12H,1-7H2. The first-order chi connectivity index (χ1) is 7.10. The second-order valence-electron chi connectivity index (χ2n) is 4.29. The summed E-state index contributed by atoms with van der Waals surface area (Å²) in [5.41, 5.74) is 0. The van der Waals surface area contributed by atoms with E-state index < -0.39 is 16.1 Å². The molecule has 0 aromatic carbocycles. The summed E-state index contributed by atoms with van der Waals surface area (Å²) in [6, 6.07) is 0. The quantitative estimate of drug-likeness (QED) is 0.652. The Morgan fingerprint density at radius 3 is 2.40 bits per heavy atom. The Bertz CT molecular complexity index is 301.